The molecule has 0 radical (unpaired) electrons. The SMILES string of the molecule is CCCc1c(-c2ccc(-c3ccccc3)cc2)c(C(N)=O)c(C)n1Cc1ccccn1. The van der Waals surface area contributed by atoms with E-state index in [0.29, 0.717) is 12.1 Å². The van der Waals surface area contributed by atoms with Crippen LogP contribution in [0.4, 0.5) is 0 Å². The summed E-state index contributed by atoms with van der Waals surface area (Å²) >= 11 is 0. The maximum absolute atomic E-state index is 12.5. The van der Waals surface area contributed by atoms with Crippen molar-refractivity contribution >= 4 is 5.91 Å². The van der Waals surface area contributed by atoms with Gasteiger partial charge in [-0.25, -0.2) is 0 Å². The van der Waals surface area contributed by atoms with Crippen LogP contribution >= 0.6 is 0 Å². The molecule has 0 saturated carbocycles. The highest BCUT2D eigenvalue weighted by molar-refractivity contribution is 6.02. The van der Waals surface area contributed by atoms with Crippen LogP contribution in [0.5, 0.6) is 0 Å². The van der Waals surface area contributed by atoms with Crippen molar-refractivity contribution in [1.29, 1.82) is 0 Å². The minimum atomic E-state index is -0.392. The molecule has 2 heterocycles. The van der Waals surface area contributed by atoms with Gasteiger partial charge in [-0.15, -0.1) is 0 Å². The smallest absolute Gasteiger partial charge is 0.251 e. The molecule has 0 aliphatic heterocycles. The molecule has 1 amide bonds. The molecule has 4 heteroatoms. The topological polar surface area (TPSA) is 60.9 Å². The van der Waals surface area contributed by atoms with Crippen LogP contribution in [0.2, 0.25) is 0 Å². The van der Waals surface area contributed by atoms with Crippen LogP contribution in [0.15, 0.2) is 79.0 Å². The number of rotatable bonds is 7. The second kappa shape index (κ2) is 9.00. The van der Waals surface area contributed by atoms with E-state index in [4.69, 9.17) is 5.73 Å². The molecule has 0 bridgehead atoms. The molecular formula is C27H27N3O. The Morgan fingerprint density at radius 2 is 1.55 bits per heavy atom. The Kier molecular flexibility index (Phi) is 5.99. The van der Waals surface area contributed by atoms with Crippen molar-refractivity contribution in [1.82, 2.24) is 9.55 Å². The summed E-state index contributed by atoms with van der Waals surface area (Å²) in [6, 6.07) is 24.6. The van der Waals surface area contributed by atoms with Gasteiger partial charge in [-0.05, 0) is 42.2 Å². The van der Waals surface area contributed by atoms with E-state index in [1.165, 1.54) is 5.56 Å². The lowest BCUT2D eigenvalue weighted by atomic mass is 9.96. The van der Waals surface area contributed by atoms with Gasteiger partial charge in [0.2, 0.25) is 0 Å². The van der Waals surface area contributed by atoms with Crippen LogP contribution in [-0.2, 0) is 13.0 Å². The van der Waals surface area contributed by atoms with E-state index in [9.17, 15) is 4.79 Å². The fraction of sp³-hybridized carbons (Fsp3) is 0.185. The standard InChI is InChI=1S/C27H27N3O/c1-3-9-24-26(22-15-13-21(14-16-22)20-10-5-4-6-11-20)25(27(28)31)19(2)30(24)18-23-12-7-8-17-29-23/h4-8,10-17H,3,9,18H2,1-2H3,(H2,28,31). The number of carbonyl (C=O) groups excluding carboxylic acids is 1. The molecule has 0 spiro atoms. The number of primary amides is 1. The van der Waals surface area contributed by atoms with Crippen LogP contribution in [0, 0.1) is 6.92 Å². The zero-order valence-corrected chi connectivity index (χ0v) is 18.0. The monoisotopic (exact) mass is 409 g/mol. The summed E-state index contributed by atoms with van der Waals surface area (Å²) in [6.07, 6.45) is 3.63. The van der Waals surface area contributed by atoms with Crippen molar-refractivity contribution in [3.8, 4) is 22.3 Å². The van der Waals surface area contributed by atoms with Crippen LogP contribution in [-0.4, -0.2) is 15.5 Å². The number of benzene rings is 2. The maximum Gasteiger partial charge on any atom is 0.251 e. The molecule has 0 saturated heterocycles. The van der Waals surface area contributed by atoms with Crippen LogP contribution in [0.1, 0.15) is 40.8 Å². The minimum Gasteiger partial charge on any atom is -0.366 e. The van der Waals surface area contributed by atoms with Gasteiger partial charge in [0.25, 0.3) is 5.91 Å². The molecule has 4 nitrogen and oxygen atoms in total. The highest BCUT2D eigenvalue weighted by atomic mass is 16.1. The van der Waals surface area contributed by atoms with Gasteiger partial charge in [0.15, 0.2) is 0 Å². The third kappa shape index (κ3) is 4.15. The van der Waals surface area contributed by atoms with E-state index in [1.54, 1.807) is 6.20 Å². The summed E-state index contributed by atoms with van der Waals surface area (Å²) in [5.41, 5.74) is 13.7. The molecule has 0 atom stereocenters. The van der Waals surface area contributed by atoms with Crippen molar-refractivity contribution in [2.24, 2.45) is 5.73 Å². The quantitative estimate of drug-likeness (QED) is 0.430. The fourth-order valence-corrected chi connectivity index (χ4v) is 4.23. The normalized spacial score (nSPS) is 10.9. The van der Waals surface area contributed by atoms with Gasteiger partial charge >= 0.3 is 0 Å². The fourth-order valence-electron chi connectivity index (χ4n) is 4.23. The average molecular weight is 410 g/mol. The lowest BCUT2D eigenvalue weighted by Crippen LogP contribution is -2.14. The van der Waals surface area contributed by atoms with E-state index in [1.807, 2.05) is 43.3 Å². The predicted octanol–water partition coefficient (Wildman–Crippen LogP) is 5.63. The van der Waals surface area contributed by atoms with Gasteiger partial charge in [-0.1, -0.05) is 74.0 Å². The molecule has 4 aromatic rings. The number of aromatic nitrogens is 2. The van der Waals surface area contributed by atoms with E-state index in [0.717, 1.165) is 46.6 Å². The van der Waals surface area contributed by atoms with Crippen molar-refractivity contribution < 1.29 is 4.79 Å². The summed E-state index contributed by atoms with van der Waals surface area (Å²) in [4.78, 5) is 17.0. The minimum absolute atomic E-state index is 0.392. The summed E-state index contributed by atoms with van der Waals surface area (Å²) in [5, 5.41) is 0. The Bertz CT molecular complexity index is 1180. The maximum atomic E-state index is 12.5. The van der Waals surface area contributed by atoms with Crippen LogP contribution < -0.4 is 5.73 Å². The number of nitrogens with two attached hydrogens (primary N) is 1. The summed E-state index contributed by atoms with van der Waals surface area (Å²) in [5.74, 6) is -0.392. The molecule has 0 fully saturated rings. The summed E-state index contributed by atoms with van der Waals surface area (Å²) < 4.78 is 2.20. The van der Waals surface area contributed by atoms with E-state index < -0.39 is 5.91 Å². The largest absolute Gasteiger partial charge is 0.366 e. The molecule has 0 aliphatic rings. The Hall–Kier alpha value is -3.66. The Morgan fingerprint density at radius 3 is 2.16 bits per heavy atom. The van der Waals surface area contributed by atoms with Gasteiger partial charge in [0.1, 0.15) is 0 Å². The van der Waals surface area contributed by atoms with Crippen LogP contribution in [0.25, 0.3) is 22.3 Å². The van der Waals surface area contributed by atoms with Gasteiger partial charge in [-0.3, -0.25) is 9.78 Å². The molecule has 0 aliphatic carbocycles. The Balaban J connectivity index is 1.84. The van der Waals surface area contributed by atoms with Crippen LogP contribution in [0.3, 0.4) is 0 Å². The van der Waals surface area contributed by atoms with E-state index >= 15 is 0 Å². The van der Waals surface area contributed by atoms with E-state index in [-0.39, 0.29) is 0 Å². The number of pyridine rings is 1. The number of nitrogens with zero attached hydrogens (tertiary/aromatic N) is 2. The molecular weight excluding hydrogens is 382 g/mol. The first-order valence-corrected chi connectivity index (χ1v) is 10.7. The molecule has 156 valence electrons. The third-order valence-electron chi connectivity index (χ3n) is 5.69. The van der Waals surface area contributed by atoms with Crippen molar-refractivity contribution in [3.05, 3.63) is 102 Å². The molecule has 4 rings (SSSR count). The van der Waals surface area contributed by atoms with Crippen molar-refractivity contribution in [2.45, 2.75) is 33.2 Å². The predicted molar refractivity (Wildman–Crippen MR) is 126 cm³/mol. The Labute approximate surface area is 183 Å². The molecule has 2 N–H and O–H groups in total. The third-order valence-corrected chi connectivity index (χ3v) is 5.69. The van der Waals surface area contributed by atoms with Gasteiger partial charge in [-0.2, -0.15) is 0 Å². The van der Waals surface area contributed by atoms with Gasteiger partial charge in [0, 0.05) is 23.1 Å². The summed E-state index contributed by atoms with van der Waals surface area (Å²) in [6.45, 7) is 4.74. The molecule has 0 unspecified atom stereocenters. The highest BCUT2D eigenvalue weighted by Gasteiger charge is 2.24. The molecule has 2 aromatic heterocycles. The first kappa shape index (κ1) is 20.6. The number of carbonyl (C=O) groups is 1. The van der Waals surface area contributed by atoms with Gasteiger partial charge < -0.3 is 10.3 Å². The number of hydrogen-bond acceptors (Lipinski definition) is 2. The molecule has 2 aromatic carbocycles. The van der Waals surface area contributed by atoms with Gasteiger partial charge in [0.05, 0.1) is 17.8 Å². The number of hydrogen-bond donors (Lipinski definition) is 1. The Morgan fingerprint density at radius 1 is 0.903 bits per heavy atom. The second-order valence-electron chi connectivity index (χ2n) is 7.75. The summed E-state index contributed by atoms with van der Waals surface area (Å²) in [7, 11) is 0. The highest BCUT2D eigenvalue weighted by Crippen LogP contribution is 2.35. The first-order chi connectivity index (χ1) is 15.1. The van der Waals surface area contributed by atoms with E-state index in [2.05, 4.69) is 52.9 Å². The zero-order chi connectivity index (χ0) is 21.8. The van der Waals surface area contributed by atoms with Crippen molar-refractivity contribution in [3.63, 3.8) is 0 Å². The van der Waals surface area contributed by atoms with Crippen molar-refractivity contribution in [2.75, 3.05) is 0 Å². The molecule has 31 heavy (non-hydrogen) atoms. The zero-order valence-electron chi connectivity index (χ0n) is 18.0. The lowest BCUT2D eigenvalue weighted by Gasteiger charge is -2.13. The average Bonchev–Trinajstić information content (AvgIpc) is 3.07. The number of amides is 1. The first-order valence-electron chi connectivity index (χ1n) is 10.7. The second-order valence-corrected chi connectivity index (χ2v) is 7.75. The lowest BCUT2D eigenvalue weighted by molar-refractivity contribution is 0.1000.